The van der Waals surface area contributed by atoms with Crippen molar-refractivity contribution in [2.75, 3.05) is 18.6 Å². The minimum atomic E-state index is -0.534. The lowest BCUT2D eigenvalue weighted by atomic mass is 10.0. The number of methoxy groups -OCH3 is 1. The molecule has 0 bridgehead atoms. The van der Waals surface area contributed by atoms with Crippen LogP contribution in [0.4, 0.5) is 5.69 Å². The van der Waals surface area contributed by atoms with Gasteiger partial charge in [-0.05, 0) is 89.1 Å². The maximum absolute atomic E-state index is 13.2. The molecule has 0 aliphatic carbocycles. The topological polar surface area (TPSA) is 67.9 Å². The number of anilines is 1. The second-order valence-electron chi connectivity index (χ2n) is 7.17. The normalized spacial score (nSPS) is 15.5. The fourth-order valence-corrected chi connectivity index (χ4v) is 4.24. The standard InChI is InChI=1S/C23H23IN2O4S/c1-5-30-20-18(24)11-14(12-19(20)29-4)10-17-21(27)25-23(31)26(22(17)28)16-8-6-15(7-9-16)13(2)3/h6-13H,5H2,1-4H3,(H,25,27,31)/b17-10-. The number of hydrogen-bond donors (Lipinski definition) is 1. The van der Waals surface area contributed by atoms with Crippen molar-refractivity contribution in [2.24, 2.45) is 0 Å². The zero-order valence-electron chi connectivity index (χ0n) is 17.7. The van der Waals surface area contributed by atoms with Crippen LogP contribution in [0.25, 0.3) is 6.08 Å². The van der Waals surface area contributed by atoms with Crippen LogP contribution in [-0.4, -0.2) is 30.6 Å². The van der Waals surface area contributed by atoms with E-state index in [0.717, 1.165) is 9.13 Å². The number of halogens is 1. The predicted molar refractivity (Wildman–Crippen MR) is 134 cm³/mol. The van der Waals surface area contributed by atoms with Gasteiger partial charge < -0.3 is 9.47 Å². The fraction of sp³-hybridized carbons (Fsp3) is 0.261. The van der Waals surface area contributed by atoms with Gasteiger partial charge in [0.1, 0.15) is 5.57 Å². The van der Waals surface area contributed by atoms with Crippen molar-refractivity contribution in [1.29, 1.82) is 0 Å². The maximum atomic E-state index is 13.2. The molecule has 0 spiro atoms. The van der Waals surface area contributed by atoms with Crippen molar-refractivity contribution in [3.05, 3.63) is 56.7 Å². The Morgan fingerprint density at radius 1 is 1.19 bits per heavy atom. The van der Waals surface area contributed by atoms with Gasteiger partial charge in [-0.1, -0.05) is 26.0 Å². The molecule has 2 amide bonds. The molecule has 0 saturated carbocycles. The Hall–Kier alpha value is -2.46. The first kappa shape index (κ1) is 23.2. The Bertz CT molecular complexity index is 1060. The van der Waals surface area contributed by atoms with E-state index in [4.69, 9.17) is 21.7 Å². The van der Waals surface area contributed by atoms with Crippen molar-refractivity contribution in [3.63, 3.8) is 0 Å². The van der Waals surface area contributed by atoms with Crippen molar-refractivity contribution < 1.29 is 19.1 Å². The summed E-state index contributed by atoms with van der Waals surface area (Å²) in [5.74, 6) is 0.508. The maximum Gasteiger partial charge on any atom is 0.270 e. The lowest BCUT2D eigenvalue weighted by Gasteiger charge is -2.29. The third kappa shape index (κ3) is 4.90. The molecule has 1 saturated heterocycles. The van der Waals surface area contributed by atoms with E-state index in [1.54, 1.807) is 13.2 Å². The zero-order chi connectivity index (χ0) is 22.7. The lowest BCUT2D eigenvalue weighted by Crippen LogP contribution is -2.54. The van der Waals surface area contributed by atoms with Gasteiger partial charge >= 0.3 is 0 Å². The summed E-state index contributed by atoms with van der Waals surface area (Å²) in [6.07, 6.45) is 1.54. The van der Waals surface area contributed by atoms with Crippen LogP contribution >= 0.6 is 34.8 Å². The van der Waals surface area contributed by atoms with Gasteiger partial charge in [-0.2, -0.15) is 0 Å². The number of carbonyl (C=O) groups is 2. The molecule has 2 aromatic rings. The van der Waals surface area contributed by atoms with Crippen LogP contribution in [0, 0.1) is 3.57 Å². The highest BCUT2D eigenvalue weighted by Gasteiger charge is 2.34. The van der Waals surface area contributed by atoms with Crippen LogP contribution in [0.15, 0.2) is 42.0 Å². The molecule has 162 valence electrons. The molecule has 8 heteroatoms. The van der Waals surface area contributed by atoms with Crippen molar-refractivity contribution in [2.45, 2.75) is 26.7 Å². The summed E-state index contributed by atoms with van der Waals surface area (Å²) in [6.45, 7) is 6.58. The van der Waals surface area contributed by atoms with E-state index in [1.165, 1.54) is 11.0 Å². The summed E-state index contributed by atoms with van der Waals surface area (Å²) >= 11 is 7.42. The van der Waals surface area contributed by atoms with E-state index >= 15 is 0 Å². The van der Waals surface area contributed by atoms with Gasteiger partial charge in [-0.15, -0.1) is 0 Å². The quantitative estimate of drug-likeness (QED) is 0.246. The second-order valence-corrected chi connectivity index (χ2v) is 8.72. The van der Waals surface area contributed by atoms with E-state index in [-0.39, 0.29) is 10.7 Å². The first-order valence-electron chi connectivity index (χ1n) is 9.78. The average molecular weight is 550 g/mol. The number of thiocarbonyl (C=S) groups is 1. The number of amides is 2. The molecule has 6 nitrogen and oxygen atoms in total. The van der Waals surface area contributed by atoms with Gasteiger partial charge in [0.2, 0.25) is 0 Å². The van der Waals surface area contributed by atoms with Gasteiger partial charge in [0.05, 0.1) is 23.0 Å². The molecule has 1 fully saturated rings. The second kappa shape index (κ2) is 9.78. The van der Waals surface area contributed by atoms with Crippen molar-refractivity contribution in [1.82, 2.24) is 5.32 Å². The molecule has 2 aromatic carbocycles. The number of ether oxygens (including phenoxy) is 2. The van der Waals surface area contributed by atoms with Crippen LogP contribution in [0.5, 0.6) is 11.5 Å². The summed E-state index contributed by atoms with van der Waals surface area (Å²) in [7, 11) is 1.55. The predicted octanol–water partition coefficient (Wildman–Crippen LogP) is 4.65. The Morgan fingerprint density at radius 2 is 1.87 bits per heavy atom. The first-order valence-corrected chi connectivity index (χ1v) is 11.3. The van der Waals surface area contributed by atoms with E-state index in [2.05, 4.69) is 41.8 Å². The molecule has 0 aromatic heterocycles. The van der Waals surface area contributed by atoms with Crippen LogP contribution < -0.4 is 19.7 Å². The summed E-state index contributed by atoms with van der Waals surface area (Å²) in [5, 5.41) is 2.67. The number of rotatable bonds is 6. The molecule has 1 aliphatic heterocycles. The molecule has 1 aliphatic rings. The van der Waals surface area contributed by atoms with Crippen LogP contribution in [0.2, 0.25) is 0 Å². The Balaban J connectivity index is 2.00. The SMILES string of the molecule is CCOc1c(I)cc(/C=C2/C(=O)NC(=S)N(c3ccc(C(C)C)cc3)C2=O)cc1OC. The summed E-state index contributed by atoms with van der Waals surface area (Å²) in [4.78, 5) is 27.1. The zero-order valence-corrected chi connectivity index (χ0v) is 20.7. The first-order chi connectivity index (χ1) is 14.8. The third-order valence-electron chi connectivity index (χ3n) is 4.77. The highest BCUT2D eigenvalue weighted by atomic mass is 127. The Morgan fingerprint density at radius 3 is 2.45 bits per heavy atom. The summed E-state index contributed by atoms with van der Waals surface area (Å²) in [6, 6.07) is 11.1. The molecule has 0 atom stereocenters. The number of benzene rings is 2. The number of nitrogens with zero attached hydrogens (tertiary/aromatic N) is 1. The summed E-state index contributed by atoms with van der Waals surface area (Å²) < 4.78 is 11.9. The van der Waals surface area contributed by atoms with Gasteiger partial charge in [0.15, 0.2) is 16.6 Å². The van der Waals surface area contributed by atoms with E-state index < -0.39 is 11.8 Å². The molecule has 0 unspecified atom stereocenters. The Labute approximate surface area is 200 Å². The highest BCUT2D eigenvalue weighted by molar-refractivity contribution is 14.1. The highest BCUT2D eigenvalue weighted by Crippen LogP contribution is 2.35. The number of nitrogens with one attached hydrogen (secondary N) is 1. The molecular formula is C23H23IN2O4S. The number of carbonyl (C=O) groups excluding carboxylic acids is 2. The van der Waals surface area contributed by atoms with Crippen LogP contribution in [-0.2, 0) is 9.59 Å². The fourth-order valence-electron chi connectivity index (χ4n) is 3.17. The minimum Gasteiger partial charge on any atom is -0.493 e. The molecular weight excluding hydrogens is 527 g/mol. The van der Waals surface area contributed by atoms with E-state index in [1.807, 2.05) is 37.3 Å². The molecule has 0 radical (unpaired) electrons. The number of hydrogen-bond acceptors (Lipinski definition) is 5. The smallest absolute Gasteiger partial charge is 0.270 e. The van der Waals surface area contributed by atoms with Crippen LogP contribution in [0.1, 0.15) is 37.8 Å². The van der Waals surface area contributed by atoms with Gasteiger partial charge in [-0.25, -0.2) is 0 Å². The summed E-state index contributed by atoms with van der Waals surface area (Å²) in [5.41, 5.74) is 2.38. The van der Waals surface area contributed by atoms with Crippen LogP contribution in [0.3, 0.4) is 0 Å². The third-order valence-corrected chi connectivity index (χ3v) is 5.86. The van der Waals surface area contributed by atoms with Gasteiger partial charge in [0.25, 0.3) is 11.8 Å². The van der Waals surface area contributed by atoms with Crippen molar-refractivity contribution in [3.8, 4) is 11.5 Å². The molecule has 31 heavy (non-hydrogen) atoms. The van der Waals surface area contributed by atoms with Gasteiger partial charge in [0, 0.05) is 0 Å². The minimum absolute atomic E-state index is 0.0106. The Kier molecular flexibility index (Phi) is 7.32. The average Bonchev–Trinajstić information content (AvgIpc) is 2.73. The largest absolute Gasteiger partial charge is 0.493 e. The monoisotopic (exact) mass is 550 g/mol. The van der Waals surface area contributed by atoms with E-state index in [0.29, 0.717) is 35.3 Å². The molecule has 1 N–H and O–H groups in total. The van der Waals surface area contributed by atoms with Crippen molar-refractivity contribution >= 4 is 63.5 Å². The lowest BCUT2D eigenvalue weighted by molar-refractivity contribution is -0.122. The van der Waals surface area contributed by atoms with Gasteiger partial charge in [-0.3, -0.25) is 19.8 Å². The van der Waals surface area contributed by atoms with E-state index in [9.17, 15) is 9.59 Å². The molecule has 3 rings (SSSR count). The molecule has 1 heterocycles.